The molecule has 0 amide bonds. The Kier molecular flexibility index (Phi) is 20.9. The molecule has 14 aromatic carbocycles. The van der Waals surface area contributed by atoms with Crippen LogP contribution < -0.4 is 36.0 Å². The second-order valence-electron chi connectivity index (χ2n) is 31.5. The predicted octanol–water partition coefficient (Wildman–Crippen LogP) is 25.0. The van der Waals surface area contributed by atoms with E-state index in [1.165, 1.54) is 100 Å². The standard InChI is InChI=1S/C54H44BN5.C54H46ClN5/c1-4-38-30-50-52-51(31-38)59(35-40-20-9-6-10-21-40)48-28-26-42(54-57-46-23-11-12-24-49(46)60(54)53-36(2)16-15-17-37(53)3)33-44(48)55(52)43-32-41(45-22-13-14-29-56-45)25-27-47(43)58(50)34-39-18-7-5-8-19-39;1-4-40-34-50(58(36-41-18-7-5-8-19-41)45-29-25-43(26-30-45)47-22-13-14-33-56-47)52(55)51(35-40)59(37-42-20-9-6-10-21-42)46-31-27-44(28-32-46)54-57-48-23-11-12-24-49(48)60(54)53-38(2)16-15-17-39(53)3/h5-33H,4,34-35H2,1-3H3;5-35H,4,36-37H2,1-3H3. The fourth-order valence-electron chi connectivity index (χ4n) is 17.9. The van der Waals surface area contributed by atoms with Crippen molar-refractivity contribution >= 4 is 102 Å². The Morgan fingerprint density at radius 1 is 0.325 bits per heavy atom. The van der Waals surface area contributed by atoms with Gasteiger partial charge in [0.2, 0.25) is 0 Å². The highest BCUT2D eigenvalue weighted by Crippen LogP contribution is 2.47. The van der Waals surface area contributed by atoms with Crippen molar-refractivity contribution in [3.63, 3.8) is 0 Å². The van der Waals surface area contributed by atoms with Crippen LogP contribution in [0.4, 0.5) is 45.5 Å². The van der Waals surface area contributed by atoms with Gasteiger partial charge in [0.05, 0.1) is 61.2 Å². The summed E-state index contributed by atoms with van der Waals surface area (Å²) >= 11 is 7.77. The van der Waals surface area contributed by atoms with Gasteiger partial charge in [0.15, 0.2) is 0 Å². The van der Waals surface area contributed by atoms with E-state index in [9.17, 15) is 0 Å². The first-order chi connectivity index (χ1) is 59.0. The van der Waals surface area contributed by atoms with Crippen molar-refractivity contribution in [2.24, 2.45) is 0 Å². The van der Waals surface area contributed by atoms with Crippen LogP contribution in [0.3, 0.4) is 0 Å². The molecule has 0 aliphatic carbocycles. The van der Waals surface area contributed by atoms with Crippen molar-refractivity contribution in [1.82, 2.24) is 29.1 Å². The second kappa shape index (κ2) is 33.1. The van der Waals surface area contributed by atoms with Crippen molar-refractivity contribution < 1.29 is 0 Å². The van der Waals surface area contributed by atoms with Crippen molar-refractivity contribution in [1.29, 1.82) is 0 Å². The molecule has 20 rings (SSSR count). The summed E-state index contributed by atoms with van der Waals surface area (Å²) in [6.45, 7) is 16.0. The van der Waals surface area contributed by atoms with Crippen LogP contribution in [0, 0.1) is 27.7 Å². The third-order valence-electron chi connectivity index (χ3n) is 23.8. The third-order valence-corrected chi connectivity index (χ3v) is 24.2. The van der Waals surface area contributed by atoms with Crippen LogP contribution in [0.5, 0.6) is 0 Å². The molecule has 0 saturated carbocycles. The summed E-state index contributed by atoms with van der Waals surface area (Å²) in [5, 5.41) is 0.689. The van der Waals surface area contributed by atoms with Gasteiger partial charge >= 0.3 is 0 Å². The van der Waals surface area contributed by atoms with E-state index in [2.05, 4.69) is 403 Å². The molecular weight excluding hydrogens is 1480 g/mol. The lowest BCUT2D eigenvalue weighted by Crippen LogP contribution is -2.62. The zero-order chi connectivity index (χ0) is 81.3. The van der Waals surface area contributed by atoms with Crippen molar-refractivity contribution in [3.8, 4) is 56.7 Å². The van der Waals surface area contributed by atoms with Gasteiger partial charge in [0.1, 0.15) is 11.6 Å². The van der Waals surface area contributed by atoms with E-state index in [1.807, 2.05) is 36.7 Å². The minimum atomic E-state index is -0.0356. The first-order valence-corrected chi connectivity index (χ1v) is 42.0. The summed E-state index contributed by atoms with van der Waals surface area (Å²) in [6, 6.07) is 126. The number of aromatic nitrogens is 6. The van der Waals surface area contributed by atoms with Crippen LogP contribution >= 0.6 is 11.6 Å². The fraction of sp³-hybridized carbons (Fsp3) is 0.111. The van der Waals surface area contributed by atoms with Crippen LogP contribution in [-0.2, 0) is 39.0 Å². The molecule has 18 aromatic rings. The van der Waals surface area contributed by atoms with E-state index >= 15 is 0 Å². The number of halogens is 1. The number of hydrogen-bond donors (Lipinski definition) is 0. The maximum absolute atomic E-state index is 7.77. The first-order valence-electron chi connectivity index (χ1n) is 41.6. The molecule has 0 atom stereocenters. The zero-order valence-corrected chi connectivity index (χ0v) is 69.1. The maximum atomic E-state index is 7.77. The summed E-state index contributed by atoms with van der Waals surface area (Å²) in [5.74, 6) is 1.86. The molecule has 12 heteroatoms. The monoisotopic (exact) mass is 1570 g/mol. The zero-order valence-electron chi connectivity index (χ0n) is 68.3. The van der Waals surface area contributed by atoms with E-state index in [1.54, 1.807) is 0 Å². The van der Waals surface area contributed by atoms with E-state index in [0.29, 0.717) is 18.1 Å². The Labute approximate surface area is 708 Å². The number of aryl methyl sites for hydroxylation is 6. The fourth-order valence-corrected chi connectivity index (χ4v) is 18.2. The van der Waals surface area contributed by atoms with Crippen molar-refractivity contribution in [2.45, 2.75) is 80.6 Å². The van der Waals surface area contributed by atoms with Gasteiger partial charge in [-0.15, -0.1) is 0 Å². The van der Waals surface area contributed by atoms with Crippen LogP contribution in [-0.4, -0.2) is 35.8 Å². The summed E-state index contributed by atoms with van der Waals surface area (Å²) in [4.78, 5) is 29.9. The van der Waals surface area contributed by atoms with E-state index in [-0.39, 0.29) is 6.71 Å². The van der Waals surface area contributed by atoms with Gasteiger partial charge in [0.25, 0.3) is 6.71 Å². The summed E-state index contributed by atoms with van der Waals surface area (Å²) in [7, 11) is 0. The van der Waals surface area contributed by atoms with Gasteiger partial charge in [-0.2, -0.15) is 0 Å². The van der Waals surface area contributed by atoms with Gasteiger partial charge in [-0.05, 0) is 246 Å². The molecule has 2 aliphatic rings. The number of benzene rings is 14. The normalized spacial score (nSPS) is 11.9. The molecule has 10 nitrogen and oxygen atoms in total. The van der Waals surface area contributed by atoms with E-state index < -0.39 is 0 Å². The number of hydrogen-bond acceptors (Lipinski definition) is 8. The molecule has 0 fully saturated rings. The topological polar surface area (TPSA) is 74.4 Å². The van der Waals surface area contributed by atoms with E-state index in [0.717, 1.165) is 122 Å². The summed E-state index contributed by atoms with van der Waals surface area (Å²) in [5.41, 5.74) is 37.9. The summed E-state index contributed by atoms with van der Waals surface area (Å²) < 4.78 is 4.70. The predicted molar refractivity (Wildman–Crippen MR) is 502 cm³/mol. The Hall–Kier alpha value is -14.1. The molecule has 6 heterocycles. The number of nitrogens with zero attached hydrogens (tertiary/aromatic N) is 10. The Balaban J connectivity index is 0.000000159. The van der Waals surface area contributed by atoms with Gasteiger partial charge in [-0.3, -0.25) is 19.1 Å². The highest BCUT2D eigenvalue weighted by molar-refractivity contribution is 7.00. The van der Waals surface area contributed by atoms with Crippen molar-refractivity contribution in [2.75, 3.05) is 19.6 Å². The molecule has 0 bridgehead atoms. The minimum absolute atomic E-state index is 0.0356. The smallest absolute Gasteiger partial charge is 0.252 e. The number of pyridine rings is 2. The lowest BCUT2D eigenvalue weighted by Gasteiger charge is -2.45. The van der Waals surface area contributed by atoms with Gasteiger partial charge in [0, 0.05) is 89.4 Å². The van der Waals surface area contributed by atoms with Crippen LogP contribution in [0.1, 0.15) is 69.5 Å². The molecule has 4 aromatic heterocycles. The number of imidazole rings is 2. The van der Waals surface area contributed by atoms with E-state index in [4.69, 9.17) is 26.6 Å². The molecule has 0 N–H and O–H groups in total. The quantitative estimate of drug-likeness (QED) is 0.0699. The molecule has 120 heavy (non-hydrogen) atoms. The molecule has 2 aliphatic heterocycles. The number of rotatable bonds is 20. The molecule has 0 unspecified atom stereocenters. The van der Waals surface area contributed by atoms with Gasteiger partial charge in [-0.1, -0.05) is 250 Å². The van der Waals surface area contributed by atoms with Crippen LogP contribution in [0.2, 0.25) is 5.02 Å². The molecular formula is C108H90BClN10. The number of para-hydroxylation sites is 6. The largest absolute Gasteiger partial charge is 0.338 e. The maximum Gasteiger partial charge on any atom is 0.252 e. The molecule has 0 spiro atoms. The van der Waals surface area contributed by atoms with Gasteiger partial charge < -0.3 is 19.6 Å². The Morgan fingerprint density at radius 2 is 0.700 bits per heavy atom. The Morgan fingerprint density at radius 3 is 1.14 bits per heavy atom. The average molecular weight is 1570 g/mol. The first kappa shape index (κ1) is 75.9. The molecule has 582 valence electrons. The average Bonchev–Trinajstić information content (AvgIpc) is 0.737. The second-order valence-corrected chi connectivity index (χ2v) is 31.9. The molecule has 0 saturated heterocycles. The highest BCUT2D eigenvalue weighted by Gasteiger charge is 2.44. The van der Waals surface area contributed by atoms with Crippen molar-refractivity contribution in [3.05, 3.63) is 425 Å². The third kappa shape index (κ3) is 14.7. The number of anilines is 8. The van der Waals surface area contributed by atoms with Crippen LogP contribution in [0.15, 0.2) is 364 Å². The Bertz CT molecular complexity index is 6700. The van der Waals surface area contributed by atoms with Crippen LogP contribution in [0.25, 0.3) is 78.7 Å². The lowest BCUT2D eigenvalue weighted by molar-refractivity contribution is 0.952. The lowest BCUT2D eigenvalue weighted by atomic mass is 9.33. The molecule has 0 radical (unpaired) electrons. The van der Waals surface area contributed by atoms with Gasteiger partial charge in [-0.25, -0.2) is 9.97 Å². The SMILES string of the molecule is CCc1cc(N(Cc2ccccc2)c2ccc(-c3ccccn3)cc2)c(Cl)c(N(Cc2ccccc2)c2ccc(-c3nc4ccccc4n3-c3c(C)cccc3C)cc2)c1.CCc1cc2c3c(c1)N(Cc1ccccc1)c1ccc(-c4nc5ccccc5n4-c4c(C)cccc4C)cc1B3c1cc(-c3ccccn3)ccc1N2Cc1ccccc1. The summed E-state index contributed by atoms with van der Waals surface area (Å²) in [6.07, 6.45) is 5.51. The number of fused-ring (bicyclic) bond motifs is 6. The minimum Gasteiger partial charge on any atom is -0.338 e. The highest BCUT2D eigenvalue weighted by atomic mass is 35.5.